The molecule has 1 amide bonds. The Morgan fingerprint density at radius 1 is 1.21 bits per heavy atom. The van der Waals surface area contributed by atoms with Gasteiger partial charge >= 0.3 is 5.97 Å². The Hall–Kier alpha value is -1.10. The predicted octanol–water partition coefficient (Wildman–Crippen LogP) is -0.335. The molecule has 2 N–H and O–H groups in total. The van der Waals surface area contributed by atoms with Gasteiger partial charge in [0.05, 0.1) is 13.0 Å². The second-order valence-corrected chi connectivity index (χ2v) is 2.73. The molecule has 0 aromatic carbocycles. The summed E-state index contributed by atoms with van der Waals surface area (Å²) in [7, 11) is 1.60. The van der Waals surface area contributed by atoms with E-state index in [1.807, 2.05) is 0 Å². The molecule has 82 valence electrons. The zero-order chi connectivity index (χ0) is 10.8. The number of hydrogen-bond acceptors (Lipinski definition) is 4. The molecule has 0 aromatic heterocycles. The summed E-state index contributed by atoms with van der Waals surface area (Å²) in [6, 6.07) is 0. The van der Waals surface area contributed by atoms with E-state index >= 15 is 0 Å². The van der Waals surface area contributed by atoms with Crippen molar-refractivity contribution in [1.29, 1.82) is 0 Å². The summed E-state index contributed by atoms with van der Waals surface area (Å²) in [5.41, 5.74) is 0. The Labute approximate surface area is 84.2 Å². The summed E-state index contributed by atoms with van der Waals surface area (Å²) >= 11 is 0. The number of ether oxygens (including phenoxy) is 1. The number of carbonyl (C=O) groups is 2. The first-order valence-corrected chi connectivity index (χ1v) is 4.77. The average Bonchev–Trinajstić information content (AvgIpc) is 2.17. The molecule has 0 aliphatic rings. The van der Waals surface area contributed by atoms with Crippen molar-refractivity contribution in [2.45, 2.75) is 19.8 Å². The van der Waals surface area contributed by atoms with Crippen LogP contribution in [-0.4, -0.2) is 38.6 Å². The average molecular weight is 202 g/mol. The van der Waals surface area contributed by atoms with Crippen molar-refractivity contribution in [3.8, 4) is 0 Å². The van der Waals surface area contributed by atoms with Gasteiger partial charge in [0.15, 0.2) is 0 Å². The Bertz CT molecular complexity index is 183. The van der Waals surface area contributed by atoms with Gasteiger partial charge in [-0.15, -0.1) is 0 Å². The molecule has 0 aromatic rings. The highest BCUT2D eigenvalue weighted by Gasteiger charge is 2.01. The Morgan fingerprint density at radius 2 is 1.86 bits per heavy atom. The van der Waals surface area contributed by atoms with Crippen molar-refractivity contribution in [1.82, 2.24) is 10.6 Å². The second-order valence-electron chi connectivity index (χ2n) is 2.73. The monoisotopic (exact) mass is 202 g/mol. The molecule has 0 bridgehead atoms. The molecule has 0 atom stereocenters. The summed E-state index contributed by atoms with van der Waals surface area (Å²) < 4.78 is 4.73. The lowest BCUT2D eigenvalue weighted by Gasteiger charge is -2.03. The van der Waals surface area contributed by atoms with Gasteiger partial charge in [-0.05, 0) is 6.92 Å². The lowest BCUT2D eigenvalue weighted by molar-refractivity contribution is -0.142. The van der Waals surface area contributed by atoms with Crippen LogP contribution >= 0.6 is 0 Å². The molecule has 0 radical (unpaired) electrons. The molecule has 14 heavy (non-hydrogen) atoms. The lowest BCUT2D eigenvalue weighted by atomic mass is 10.3. The van der Waals surface area contributed by atoms with Crippen molar-refractivity contribution in [3.05, 3.63) is 0 Å². The fraction of sp³-hybridized carbons (Fsp3) is 0.778. The van der Waals surface area contributed by atoms with E-state index in [4.69, 9.17) is 4.74 Å². The van der Waals surface area contributed by atoms with Gasteiger partial charge in [0.1, 0.15) is 0 Å². The van der Waals surface area contributed by atoms with Gasteiger partial charge in [0.25, 0.3) is 0 Å². The minimum Gasteiger partial charge on any atom is -0.466 e. The number of carbonyl (C=O) groups excluding carboxylic acids is 2. The summed E-state index contributed by atoms with van der Waals surface area (Å²) in [5, 5.41) is 5.49. The number of nitrogens with one attached hydrogen (secondary N) is 2. The molecule has 0 aliphatic heterocycles. The van der Waals surface area contributed by atoms with E-state index in [9.17, 15) is 9.59 Å². The standard InChI is InChI=1S/C9H18N2O3/c1-3-14-9(13)5-7-11-6-4-8(12)10-2/h11H,3-7H2,1-2H3,(H,10,12). The second kappa shape index (κ2) is 8.50. The molecule has 0 aliphatic carbocycles. The van der Waals surface area contributed by atoms with Crippen LogP contribution in [0.3, 0.4) is 0 Å². The number of rotatable bonds is 7. The van der Waals surface area contributed by atoms with Crippen LogP contribution in [-0.2, 0) is 14.3 Å². The van der Waals surface area contributed by atoms with Crippen LogP contribution in [0, 0.1) is 0 Å². The van der Waals surface area contributed by atoms with Crippen LogP contribution in [0.5, 0.6) is 0 Å². The van der Waals surface area contributed by atoms with Gasteiger partial charge in [-0.1, -0.05) is 0 Å². The van der Waals surface area contributed by atoms with Gasteiger partial charge in [-0.2, -0.15) is 0 Å². The molecule has 0 saturated carbocycles. The van der Waals surface area contributed by atoms with Crippen LogP contribution < -0.4 is 10.6 Å². The molecule has 0 fully saturated rings. The number of esters is 1. The van der Waals surface area contributed by atoms with Crippen LogP contribution in [0.15, 0.2) is 0 Å². The molecule has 0 spiro atoms. The van der Waals surface area contributed by atoms with Crippen molar-refractivity contribution >= 4 is 11.9 Å². The summed E-state index contributed by atoms with van der Waals surface area (Å²) in [4.78, 5) is 21.6. The van der Waals surface area contributed by atoms with Crippen molar-refractivity contribution in [3.63, 3.8) is 0 Å². The Kier molecular flexibility index (Phi) is 7.83. The largest absolute Gasteiger partial charge is 0.466 e. The smallest absolute Gasteiger partial charge is 0.307 e. The van der Waals surface area contributed by atoms with Gasteiger partial charge in [-0.25, -0.2) is 0 Å². The first-order valence-electron chi connectivity index (χ1n) is 4.77. The van der Waals surface area contributed by atoms with Crippen LogP contribution in [0.25, 0.3) is 0 Å². The number of hydrogen-bond donors (Lipinski definition) is 2. The highest BCUT2D eigenvalue weighted by Crippen LogP contribution is 1.84. The van der Waals surface area contributed by atoms with E-state index in [-0.39, 0.29) is 11.9 Å². The molecule has 0 saturated heterocycles. The Morgan fingerprint density at radius 3 is 2.43 bits per heavy atom. The molecule has 5 heteroatoms. The van der Waals surface area contributed by atoms with E-state index < -0.39 is 0 Å². The first kappa shape index (κ1) is 12.9. The van der Waals surface area contributed by atoms with E-state index in [1.165, 1.54) is 0 Å². The molecule has 0 heterocycles. The zero-order valence-corrected chi connectivity index (χ0v) is 8.76. The maximum absolute atomic E-state index is 10.9. The maximum atomic E-state index is 10.9. The summed E-state index contributed by atoms with van der Waals surface area (Å²) in [6.45, 7) is 3.32. The highest BCUT2D eigenvalue weighted by molar-refractivity contribution is 5.75. The summed E-state index contributed by atoms with van der Waals surface area (Å²) in [5.74, 6) is -0.214. The van der Waals surface area contributed by atoms with Crippen LogP contribution in [0.1, 0.15) is 19.8 Å². The Balaban J connectivity index is 3.21. The van der Waals surface area contributed by atoms with Gasteiger partial charge in [0.2, 0.25) is 5.91 Å². The van der Waals surface area contributed by atoms with Crippen LogP contribution in [0.4, 0.5) is 0 Å². The van der Waals surface area contributed by atoms with Crippen molar-refractivity contribution in [2.75, 3.05) is 26.7 Å². The molecule has 0 unspecified atom stereocenters. The third kappa shape index (κ3) is 7.54. The predicted molar refractivity (Wildman–Crippen MR) is 52.8 cm³/mol. The normalized spacial score (nSPS) is 9.57. The van der Waals surface area contributed by atoms with E-state index in [1.54, 1.807) is 14.0 Å². The van der Waals surface area contributed by atoms with E-state index in [0.29, 0.717) is 32.5 Å². The van der Waals surface area contributed by atoms with Crippen LogP contribution in [0.2, 0.25) is 0 Å². The maximum Gasteiger partial charge on any atom is 0.307 e. The van der Waals surface area contributed by atoms with Crippen molar-refractivity contribution in [2.24, 2.45) is 0 Å². The third-order valence-electron chi connectivity index (χ3n) is 1.62. The zero-order valence-electron chi connectivity index (χ0n) is 8.76. The first-order chi connectivity index (χ1) is 6.70. The van der Waals surface area contributed by atoms with Gasteiger partial charge in [-0.3, -0.25) is 9.59 Å². The topological polar surface area (TPSA) is 67.4 Å². The highest BCUT2D eigenvalue weighted by atomic mass is 16.5. The van der Waals surface area contributed by atoms with E-state index in [2.05, 4.69) is 10.6 Å². The fourth-order valence-electron chi connectivity index (χ4n) is 0.876. The minimum atomic E-state index is -0.208. The minimum absolute atomic E-state index is 0.00589. The lowest BCUT2D eigenvalue weighted by Crippen LogP contribution is -2.26. The van der Waals surface area contributed by atoms with Crippen molar-refractivity contribution < 1.29 is 14.3 Å². The fourth-order valence-corrected chi connectivity index (χ4v) is 0.876. The third-order valence-corrected chi connectivity index (χ3v) is 1.62. The molecular weight excluding hydrogens is 184 g/mol. The molecule has 5 nitrogen and oxygen atoms in total. The molecular formula is C9H18N2O3. The summed E-state index contributed by atoms with van der Waals surface area (Å²) in [6.07, 6.45) is 0.779. The van der Waals surface area contributed by atoms with Gasteiger partial charge in [0, 0.05) is 26.6 Å². The molecule has 0 rings (SSSR count). The quantitative estimate of drug-likeness (QED) is 0.438. The van der Waals surface area contributed by atoms with E-state index in [0.717, 1.165) is 0 Å². The van der Waals surface area contributed by atoms with Gasteiger partial charge < -0.3 is 15.4 Å². The SMILES string of the molecule is CCOC(=O)CCNCCC(=O)NC. The number of amides is 1.